The van der Waals surface area contributed by atoms with E-state index >= 15 is 0 Å². The van der Waals surface area contributed by atoms with Gasteiger partial charge in [0, 0.05) is 12.1 Å². The number of benzene rings is 1. The van der Waals surface area contributed by atoms with Crippen LogP contribution in [-0.2, 0) is 11.3 Å². The Balaban J connectivity index is 2.64. The lowest BCUT2D eigenvalue weighted by Gasteiger charge is -2.09. The minimum atomic E-state index is -0.911. The Hall–Kier alpha value is -1.88. The largest absolute Gasteiger partial charge is 0.480 e. The van der Waals surface area contributed by atoms with Crippen molar-refractivity contribution < 1.29 is 14.7 Å². The third-order valence-corrected chi connectivity index (χ3v) is 2.19. The summed E-state index contributed by atoms with van der Waals surface area (Å²) in [6, 6.07) is 6.14. The molecule has 0 aromatic heterocycles. The molecule has 0 fully saturated rings. The molecule has 0 spiro atoms. The fourth-order valence-corrected chi connectivity index (χ4v) is 1.19. The first kappa shape index (κ1) is 12.2. The van der Waals surface area contributed by atoms with Gasteiger partial charge < -0.3 is 16.2 Å². The number of nitrogens with one attached hydrogen (secondary N) is 1. The minimum Gasteiger partial charge on any atom is -0.480 e. The van der Waals surface area contributed by atoms with Crippen molar-refractivity contribution in [3.8, 4) is 0 Å². The van der Waals surface area contributed by atoms with Crippen LogP contribution in [0.2, 0.25) is 0 Å². The number of hydrogen-bond acceptors (Lipinski definition) is 3. The molecule has 0 saturated heterocycles. The molecule has 0 aliphatic heterocycles. The molecule has 1 aromatic carbocycles. The van der Waals surface area contributed by atoms with Crippen LogP contribution in [0.5, 0.6) is 0 Å². The van der Waals surface area contributed by atoms with E-state index in [2.05, 4.69) is 5.32 Å². The summed E-state index contributed by atoms with van der Waals surface area (Å²) in [7, 11) is 0. The van der Waals surface area contributed by atoms with Crippen molar-refractivity contribution >= 4 is 11.9 Å². The van der Waals surface area contributed by atoms with Crippen molar-refractivity contribution in [3.63, 3.8) is 0 Å². The molecule has 0 radical (unpaired) electrons. The van der Waals surface area contributed by atoms with Crippen molar-refractivity contribution in [2.75, 3.05) is 0 Å². The second kappa shape index (κ2) is 5.27. The lowest BCUT2D eigenvalue weighted by Crippen LogP contribution is -2.33. The zero-order valence-corrected chi connectivity index (χ0v) is 8.93. The van der Waals surface area contributed by atoms with Crippen LogP contribution in [0.3, 0.4) is 0 Å². The first-order valence-electron chi connectivity index (χ1n) is 4.85. The summed E-state index contributed by atoms with van der Waals surface area (Å²) in [4.78, 5) is 21.5. The molecule has 1 rings (SSSR count). The summed E-state index contributed by atoms with van der Waals surface area (Å²) in [5.41, 5.74) is 6.38. The Bertz CT molecular complexity index is 404. The molecule has 86 valence electrons. The Labute approximate surface area is 93.3 Å². The van der Waals surface area contributed by atoms with Crippen LogP contribution >= 0.6 is 0 Å². The molecule has 16 heavy (non-hydrogen) atoms. The molecule has 1 unspecified atom stereocenters. The van der Waals surface area contributed by atoms with Crippen molar-refractivity contribution in [1.82, 2.24) is 5.32 Å². The van der Waals surface area contributed by atoms with Gasteiger partial charge in [-0.3, -0.25) is 9.59 Å². The Morgan fingerprint density at radius 1 is 1.50 bits per heavy atom. The van der Waals surface area contributed by atoms with Crippen molar-refractivity contribution in [2.24, 2.45) is 5.73 Å². The first-order valence-corrected chi connectivity index (χ1v) is 4.85. The maximum atomic E-state index is 10.9. The van der Waals surface area contributed by atoms with E-state index in [4.69, 9.17) is 10.8 Å². The van der Waals surface area contributed by atoms with Gasteiger partial charge in [0.1, 0.15) is 6.04 Å². The van der Waals surface area contributed by atoms with Crippen molar-refractivity contribution in [2.45, 2.75) is 19.5 Å². The third-order valence-electron chi connectivity index (χ3n) is 2.19. The number of aliphatic carboxylic acids is 1. The maximum Gasteiger partial charge on any atom is 0.320 e. The van der Waals surface area contributed by atoms with Crippen LogP contribution in [0.15, 0.2) is 24.3 Å². The molecule has 1 atom stereocenters. The van der Waals surface area contributed by atoms with E-state index in [1.54, 1.807) is 31.2 Å². The van der Waals surface area contributed by atoms with Gasteiger partial charge in [0.2, 0.25) is 5.91 Å². The van der Waals surface area contributed by atoms with E-state index in [9.17, 15) is 9.59 Å². The number of carbonyl (C=O) groups is 2. The number of hydrogen-bond donors (Lipinski definition) is 3. The minimum absolute atomic E-state index is 0.384. The Morgan fingerprint density at radius 3 is 2.75 bits per heavy atom. The fraction of sp³-hybridized carbons (Fsp3) is 0.273. The molecule has 0 aliphatic rings. The predicted molar refractivity (Wildman–Crippen MR) is 58.9 cm³/mol. The monoisotopic (exact) mass is 222 g/mol. The van der Waals surface area contributed by atoms with Crippen LogP contribution in [0.4, 0.5) is 0 Å². The lowest BCUT2D eigenvalue weighted by atomic mass is 10.1. The van der Waals surface area contributed by atoms with Crippen LogP contribution in [0, 0.1) is 0 Å². The number of carboxylic acids is 1. The summed E-state index contributed by atoms with van der Waals surface area (Å²) >= 11 is 0. The van der Waals surface area contributed by atoms with Crippen molar-refractivity contribution in [3.05, 3.63) is 35.4 Å². The first-order chi connectivity index (χ1) is 7.50. The summed E-state index contributed by atoms with van der Waals surface area (Å²) in [5.74, 6) is -1.40. The van der Waals surface area contributed by atoms with E-state index in [-0.39, 0.29) is 0 Å². The molecule has 1 amide bonds. The third kappa shape index (κ3) is 3.36. The van der Waals surface area contributed by atoms with Crippen molar-refractivity contribution in [1.29, 1.82) is 0 Å². The van der Waals surface area contributed by atoms with Crippen LogP contribution in [0.1, 0.15) is 22.8 Å². The van der Waals surface area contributed by atoms with Gasteiger partial charge in [0.15, 0.2) is 0 Å². The van der Waals surface area contributed by atoms with Crippen LogP contribution in [-0.4, -0.2) is 23.0 Å². The molecule has 4 N–H and O–H groups in total. The molecule has 0 bridgehead atoms. The van der Waals surface area contributed by atoms with Gasteiger partial charge in [-0.1, -0.05) is 12.1 Å². The fourth-order valence-electron chi connectivity index (χ4n) is 1.19. The van der Waals surface area contributed by atoms with Crippen LogP contribution < -0.4 is 11.1 Å². The van der Waals surface area contributed by atoms with Gasteiger partial charge >= 0.3 is 5.97 Å². The Morgan fingerprint density at radius 2 is 2.19 bits per heavy atom. The number of carboxylic acid groups (broad SMARTS) is 1. The molecule has 0 saturated carbocycles. The topological polar surface area (TPSA) is 92.4 Å². The highest BCUT2D eigenvalue weighted by atomic mass is 16.4. The quantitative estimate of drug-likeness (QED) is 0.670. The summed E-state index contributed by atoms with van der Waals surface area (Å²) in [6.45, 7) is 1.94. The number of carbonyl (C=O) groups excluding carboxylic acids is 1. The highest BCUT2D eigenvalue weighted by molar-refractivity contribution is 5.92. The van der Waals surface area contributed by atoms with Gasteiger partial charge in [-0.15, -0.1) is 0 Å². The van der Waals surface area contributed by atoms with E-state index in [1.807, 2.05) is 0 Å². The van der Waals surface area contributed by atoms with E-state index in [0.29, 0.717) is 12.1 Å². The number of primary amides is 1. The summed E-state index contributed by atoms with van der Waals surface area (Å²) in [5, 5.41) is 11.5. The van der Waals surface area contributed by atoms with E-state index in [0.717, 1.165) is 5.56 Å². The highest BCUT2D eigenvalue weighted by Gasteiger charge is 2.09. The summed E-state index contributed by atoms with van der Waals surface area (Å²) in [6.07, 6.45) is 0. The zero-order chi connectivity index (χ0) is 12.1. The lowest BCUT2D eigenvalue weighted by molar-refractivity contribution is -0.139. The van der Waals surface area contributed by atoms with E-state index in [1.165, 1.54) is 0 Å². The standard InChI is InChI=1S/C11H14N2O3/c1-7(11(15)16)13-6-8-3-2-4-9(5-8)10(12)14/h2-5,7,13H,6H2,1H3,(H2,12,14)(H,15,16). The number of amides is 1. The van der Waals surface area contributed by atoms with Gasteiger partial charge in [0.05, 0.1) is 0 Å². The van der Waals surface area contributed by atoms with Gasteiger partial charge in [-0.05, 0) is 24.6 Å². The average molecular weight is 222 g/mol. The number of nitrogens with two attached hydrogens (primary N) is 1. The molecular weight excluding hydrogens is 208 g/mol. The molecule has 5 heteroatoms. The van der Waals surface area contributed by atoms with Crippen LogP contribution in [0.25, 0.3) is 0 Å². The zero-order valence-electron chi connectivity index (χ0n) is 8.93. The normalized spacial score (nSPS) is 12.1. The molecule has 0 aliphatic carbocycles. The second-order valence-electron chi connectivity index (χ2n) is 3.51. The number of rotatable bonds is 5. The van der Waals surface area contributed by atoms with Gasteiger partial charge in [0.25, 0.3) is 0 Å². The SMILES string of the molecule is CC(NCc1cccc(C(N)=O)c1)C(=O)O. The maximum absolute atomic E-state index is 10.9. The smallest absolute Gasteiger partial charge is 0.320 e. The molecule has 1 aromatic rings. The highest BCUT2D eigenvalue weighted by Crippen LogP contribution is 2.04. The molecular formula is C11H14N2O3. The second-order valence-corrected chi connectivity index (χ2v) is 3.51. The van der Waals surface area contributed by atoms with E-state index < -0.39 is 17.9 Å². The average Bonchev–Trinajstić information content (AvgIpc) is 2.26. The molecule has 5 nitrogen and oxygen atoms in total. The predicted octanol–water partition coefficient (Wildman–Crippen LogP) is 0.348. The Kier molecular flexibility index (Phi) is 4.02. The molecule has 0 heterocycles. The van der Waals surface area contributed by atoms with Gasteiger partial charge in [-0.25, -0.2) is 0 Å². The summed E-state index contributed by atoms with van der Waals surface area (Å²) < 4.78 is 0. The van der Waals surface area contributed by atoms with Gasteiger partial charge in [-0.2, -0.15) is 0 Å².